The molecule has 0 bridgehead atoms. The molecule has 2 atom stereocenters. The Bertz CT molecular complexity index is 995. The molecule has 10 heteroatoms. The smallest absolute Gasteiger partial charge is 0.263 e. The predicted octanol–water partition coefficient (Wildman–Crippen LogP) is 3.14. The number of hydrogen-bond donors (Lipinski definition) is 1. The normalized spacial score (nSPS) is 20.6. The maximum Gasteiger partial charge on any atom is 0.263 e. The molecule has 0 radical (unpaired) electrons. The molecule has 2 aromatic rings. The Hall–Kier alpha value is -2.59. The van der Waals surface area contributed by atoms with Crippen molar-refractivity contribution in [2.75, 3.05) is 16.8 Å². The molecule has 28 heavy (non-hydrogen) atoms. The molecular weight excluding hydrogens is 494 g/mol. The number of imide groups is 1. The summed E-state index contributed by atoms with van der Waals surface area (Å²) in [6, 6.07) is 12.1. The van der Waals surface area contributed by atoms with Crippen molar-refractivity contribution in [3.05, 3.63) is 57.5 Å². The molecule has 2 aliphatic rings. The average molecular weight is 507 g/mol. The Kier molecular flexibility index (Phi) is 4.98. The lowest BCUT2D eigenvalue weighted by Crippen LogP contribution is -2.43. The van der Waals surface area contributed by atoms with E-state index in [1.165, 1.54) is 5.01 Å². The van der Waals surface area contributed by atoms with Gasteiger partial charge >= 0.3 is 0 Å². The lowest BCUT2D eigenvalue weighted by atomic mass is 10.1. The minimum Gasteiger partial charge on any atom is -0.324 e. The summed E-state index contributed by atoms with van der Waals surface area (Å²) in [7, 11) is 0. The zero-order valence-electron chi connectivity index (χ0n) is 14.3. The Morgan fingerprint density at radius 1 is 1.04 bits per heavy atom. The Morgan fingerprint density at radius 3 is 2.50 bits per heavy atom. The van der Waals surface area contributed by atoms with E-state index in [2.05, 4.69) is 47.5 Å². The van der Waals surface area contributed by atoms with Crippen molar-refractivity contribution in [1.29, 1.82) is 0 Å². The number of fused-ring (bicyclic) bond motifs is 1. The fourth-order valence-electron chi connectivity index (χ4n) is 3.10. The van der Waals surface area contributed by atoms with Crippen LogP contribution in [0.1, 0.15) is 0 Å². The lowest BCUT2D eigenvalue weighted by molar-refractivity contribution is -0.123. The van der Waals surface area contributed by atoms with Crippen LogP contribution in [-0.2, 0) is 14.4 Å². The Morgan fingerprint density at radius 2 is 1.79 bits per heavy atom. The van der Waals surface area contributed by atoms with Crippen LogP contribution < -0.4 is 10.2 Å². The summed E-state index contributed by atoms with van der Waals surface area (Å²) < 4.78 is 1.64. The monoisotopic (exact) mass is 505 g/mol. The number of carbonyl (C=O) groups is 3. The van der Waals surface area contributed by atoms with E-state index in [1.54, 1.807) is 48.5 Å². The fourth-order valence-corrected chi connectivity index (χ4v) is 3.76. The van der Waals surface area contributed by atoms with Gasteiger partial charge in [-0.15, -0.1) is 0 Å². The Labute approximate surface area is 176 Å². The number of carbonyl (C=O) groups excluding carboxylic acids is 3. The summed E-state index contributed by atoms with van der Waals surface area (Å²) in [5, 5.41) is 11.8. The SMILES string of the molecule is O=C(CN1N=N[C@H]2C(=O)N(c3cccc(Br)c3)C(=O)[C@@H]21)Nc1ccc(Br)cc1. The molecule has 0 aromatic heterocycles. The summed E-state index contributed by atoms with van der Waals surface area (Å²) in [5.41, 5.74) is 1.07. The minimum atomic E-state index is -0.938. The number of nitrogens with one attached hydrogen (secondary N) is 1. The fraction of sp³-hybridized carbons (Fsp3) is 0.167. The van der Waals surface area contributed by atoms with E-state index < -0.39 is 23.9 Å². The number of anilines is 2. The highest BCUT2D eigenvalue weighted by Gasteiger charge is 2.55. The van der Waals surface area contributed by atoms with Gasteiger partial charge in [0.2, 0.25) is 5.91 Å². The van der Waals surface area contributed by atoms with Crippen LogP contribution in [0.3, 0.4) is 0 Å². The quantitative estimate of drug-likeness (QED) is 0.644. The van der Waals surface area contributed by atoms with Gasteiger partial charge in [-0.2, -0.15) is 5.11 Å². The summed E-state index contributed by atoms with van der Waals surface area (Å²) in [5.74, 6) is -1.26. The second-order valence-electron chi connectivity index (χ2n) is 6.24. The number of rotatable bonds is 4. The molecule has 1 N–H and O–H groups in total. The van der Waals surface area contributed by atoms with Gasteiger partial charge in [0.1, 0.15) is 6.54 Å². The van der Waals surface area contributed by atoms with Crippen molar-refractivity contribution >= 4 is 61.0 Å². The molecule has 4 rings (SSSR count). The first-order chi connectivity index (χ1) is 13.4. The van der Waals surface area contributed by atoms with E-state index in [0.29, 0.717) is 11.4 Å². The third-order valence-electron chi connectivity index (χ3n) is 4.36. The van der Waals surface area contributed by atoms with Crippen LogP contribution in [0.25, 0.3) is 0 Å². The van der Waals surface area contributed by atoms with Gasteiger partial charge in [-0.05, 0) is 42.5 Å². The van der Waals surface area contributed by atoms with E-state index in [0.717, 1.165) is 13.8 Å². The molecule has 8 nitrogen and oxygen atoms in total. The van der Waals surface area contributed by atoms with Crippen LogP contribution in [0.4, 0.5) is 11.4 Å². The third kappa shape index (κ3) is 3.45. The van der Waals surface area contributed by atoms with Crippen LogP contribution in [-0.4, -0.2) is 41.4 Å². The number of benzene rings is 2. The molecule has 0 spiro atoms. The molecule has 0 saturated carbocycles. The molecule has 2 heterocycles. The molecule has 142 valence electrons. The van der Waals surface area contributed by atoms with Crippen molar-refractivity contribution in [2.24, 2.45) is 10.3 Å². The second-order valence-corrected chi connectivity index (χ2v) is 8.07. The number of hydrogen-bond acceptors (Lipinski definition) is 6. The van der Waals surface area contributed by atoms with Crippen LogP contribution >= 0.6 is 31.9 Å². The lowest BCUT2D eigenvalue weighted by Gasteiger charge is -2.20. The predicted molar refractivity (Wildman–Crippen MR) is 109 cm³/mol. The second kappa shape index (κ2) is 7.44. The van der Waals surface area contributed by atoms with Gasteiger partial charge in [-0.1, -0.05) is 43.1 Å². The van der Waals surface area contributed by atoms with Crippen LogP contribution in [0.5, 0.6) is 0 Å². The van der Waals surface area contributed by atoms with Gasteiger partial charge < -0.3 is 5.32 Å². The molecule has 2 aromatic carbocycles. The zero-order valence-corrected chi connectivity index (χ0v) is 17.4. The van der Waals surface area contributed by atoms with Crippen molar-refractivity contribution < 1.29 is 14.4 Å². The number of halogens is 2. The maximum absolute atomic E-state index is 12.9. The van der Waals surface area contributed by atoms with Crippen LogP contribution in [0.15, 0.2) is 67.8 Å². The van der Waals surface area contributed by atoms with Gasteiger partial charge in [0.05, 0.1) is 5.69 Å². The van der Waals surface area contributed by atoms with Crippen molar-refractivity contribution in [3.63, 3.8) is 0 Å². The van der Waals surface area contributed by atoms with Crippen LogP contribution in [0.2, 0.25) is 0 Å². The highest BCUT2D eigenvalue weighted by molar-refractivity contribution is 9.10. The molecular formula is C18H13Br2N5O3. The summed E-state index contributed by atoms with van der Waals surface area (Å²) in [4.78, 5) is 39.0. The molecule has 0 unspecified atom stereocenters. The molecule has 3 amide bonds. The van der Waals surface area contributed by atoms with E-state index >= 15 is 0 Å². The zero-order chi connectivity index (χ0) is 19.8. The first kappa shape index (κ1) is 18.8. The average Bonchev–Trinajstić information content (AvgIpc) is 3.17. The first-order valence-electron chi connectivity index (χ1n) is 8.30. The minimum absolute atomic E-state index is 0.188. The third-order valence-corrected chi connectivity index (χ3v) is 5.38. The summed E-state index contributed by atoms with van der Waals surface area (Å²) in [6.45, 7) is -0.188. The van der Waals surface area contributed by atoms with Crippen molar-refractivity contribution in [1.82, 2.24) is 5.01 Å². The van der Waals surface area contributed by atoms with Gasteiger partial charge in [0.15, 0.2) is 12.1 Å². The highest BCUT2D eigenvalue weighted by atomic mass is 79.9. The highest BCUT2D eigenvalue weighted by Crippen LogP contribution is 2.32. The van der Waals surface area contributed by atoms with E-state index in [1.807, 2.05) is 0 Å². The number of amides is 3. The van der Waals surface area contributed by atoms with Gasteiger partial charge in [0, 0.05) is 14.6 Å². The molecule has 1 fully saturated rings. The van der Waals surface area contributed by atoms with E-state index in [-0.39, 0.29) is 12.5 Å². The topological polar surface area (TPSA) is 94.4 Å². The maximum atomic E-state index is 12.9. The van der Waals surface area contributed by atoms with Gasteiger partial charge in [-0.25, -0.2) is 4.90 Å². The first-order valence-corrected chi connectivity index (χ1v) is 9.89. The van der Waals surface area contributed by atoms with Crippen molar-refractivity contribution in [3.8, 4) is 0 Å². The van der Waals surface area contributed by atoms with Gasteiger partial charge in [-0.3, -0.25) is 19.4 Å². The van der Waals surface area contributed by atoms with Gasteiger partial charge in [0.25, 0.3) is 11.8 Å². The largest absolute Gasteiger partial charge is 0.324 e. The number of nitrogens with zero attached hydrogens (tertiary/aromatic N) is 4. The Balaban J connectivity index is 1.49. The molecule has 0 aliphatic carbocycles. The summed E-state index contributed by atoms with van der Waals surface area (Å²) in [6.07, 6.45) is 0. The van der Waals surface area contributed by atoms with Crippen LogP contribution in [0, 0.1) is 0 Å². The molecule has 2 aliphatic heterocycles. The van der Waals surface area contributed by atoms with E-state index in [4.69, 9.17) is 0 Å². The van der Waals surface area contributed by atoms with Crippen molar-refractivity contribution in [2.45, 2.75) is 12.1 Å². The standard InChI is InChI=1S/C18H13Br2N5O3/c19-10-4-6-12(7-5-10)21-14(26)9-24-16-15(22-23-24)17(27)25(18(16)28)13-3-1-2-11(20)8-13/h1-8,15-16H,9H2,(H,21,26)/t15-,16-/m1/s1. The van der Waals surface area contributed by atoms with E-state index in [9.17, 15) is 14.4 Å². The molecule has 1 saturated heterocycles. The summed E-state index contributed by atoms with van der Waals surface area (Å²) >= 11 is 6.66.